The van der Waals surface area contributed by atoms with Crippen LogP contribution in [0.1, 0.15) is 44.6 Å². The molecule has 1 heteroatoms. The molecule has 88 valence electrons. The minimum Gasteiger partial charge on any atom is -0.382 e. The highest BCUT2D eigenvalue weighted by Gasteiger charge is 2.23. The summed E-state index contributed by atoms with van der Waals surface area (Å²) in [6, 6.07) is 9.43. The number of nitrogens with one attached hydrogen (secondary N) is 1. The first-order chi connectivity index (χ1) is 7.79. The van der Waals surface area contributed by atoms with E-state index in [0.717, 1.165) is 5.92 Å². The number of benzene rings is 1. The van der Waals surface area contributed by atoms with Crippen molar-refractivity contribution in [1.29, 1.82) is 0 Å². The fourth-order valence-electron chi connectivity index (χ4n) is 2.84. The Bertz CT molecular complexity index is 332. The van der Waals surface area contributed by atoms with Crippen molar-refractivity contribution in [1.82, 2.24) is 0 Å². The Labute approximate surface area is 99.3 Å². The van der Waals surface area contributed by atoms with Crippen molar-refractivity contribution in [3.05, 3.63) is 29.8 Å². The van der Waals surface area contributed by atoms with Crippen LogP contribution in [0.25, 0.3) is 0 Å². The first kappa shape index (κ1) is 11.5. The van der Waals surface area contributed by atoms with Gasteiger partial charge in [0.15, 0.2) is 0 Å². The monoisotopic (exact) mass is 217 g/mol. The van der Waals surface area contributed by atoms with Gasteiger partial charge in [-0.1, -0.05) is 38.3 Å². The normalized spacial score (nSPS) is 25.4. The molecular formula is C15H23N. The highest BCUT2D eigenvalue weighted by molar-refractivity contribution is 5.46. The van der Waals surface area contributed by atoms with Crippen molar-refractivity contribution in [2.45, 2.75) is 52.0 Å². The summed E-state index contributed by atoms with van der Waals surface area (Å²) in [5, 5.41) is 3.72. The van der Waals surface area contributed by atoms with Gasteiger partial charge in [-0.05, 0) is 43.4 Å². The van der Waals surface area contributed by atoms with Gasteiger partial charge < -0.3 is 5.32 Å². The topological polar surface area (TPSA) is 12.0 Å². The third-order valence-electron chi connectivity index (χ3n) is 3.80. The van der Waals surface area contributed by atoms with Crippen molar-refractivity contribution in [2.75, 3.05) is 5.32 Å². The third-order valence-corrected chi connectivity index (χ3v) is 3.80. The average Bonchev–Trinajstić information content (AvgIpc) is 2.30. The van der Waals surface area contributed by atoms with Crippen molar-refractivity contribution >= 4 is 5.69 Å². The highest BCUT2D eigenvalue weighted by Crippen LogP contribution is 2.29. The lowest BCUT2D eigenvalue weighted by atomic mass is 9.83. The summed E-state index contributed by atoms with van der Waals surface area (Å²) in [4.78, 5) is 0. The smallest absolute Gasteiger partial charge is 0.0345 e. The summed E-state index contributed by atoms with van der Waals surface area (Å²) in [5.41, 5.74) is 2.64. The van der Waals surface area contributed by atoms with Crippen LogP contribution in [-0.2, 0) is 0 Å². The molecule has 0 bridgehead atoms. The third kappa shape index (κ3) is 2.78. The lowest BCUT2D eigenvalue weighted by Crippen LogP contribution is -2.31. The standard InChI is InChI=1S/C15H23N/c1-3-13-8-4-5-10-15(13)16-14-9-6-7-12(2)11-14/h6-7,9,11,13,15-16H,3-5,8,10H2,1-2H3. The van der Waals surface area contributed by atoms with E-state index >= 15 is 0 Å². The average molecular weight is 217 g/mol. The second kappa shape index (κ2) is 5.38. The minimum absolute atomic E-state index is 0.695. The van der Waals surface area contributed by atoms with Crippen LogP contribution < -0.4 is 5.32 Å². The van der Waals surface area contributed by atoms with Gasteiger partial charge in [-0.15, -0.1) is 0 Å². The van der Waals surface area contributed by atoms with Gasteiger partial charge in [0, 0.05) is 11.7 Å². The molecule has 0 heterocycles. The molecule has 0 amide bonds. The second-order valence-electron chi connectivity index (χ2n) is 5.07. The Morgan fingerprint density at radius 2 is 2.06 bits per heavy atom. The van der Waals surface area contributed by atoms with Crippen LogP contribution in [0.3, 0.4) is 0 Å². The Morgan fingerprint density at radius 1 is 1.25 bits per heavy atom. The predicted molar refractivity (Wildman–Crippen MR) is 70.8 cm³/mol. The summed E-state index contributed by atoms with van der Waals surface area (Å²) < 4.78 is 0. The molecule has 0 radical (unpaired) electrons. The van der Waals surface area contributed by atoms with Crippen LogP contribution in [0.2, 0.25) is 0 Å². The predicted octanol–water partition coefficient (Wildman–Crippen LogP) is 4.38. The maximum absolute atomic E-state index is 3.72. The van der Waals surface area contributed by atoms with E-state index in [1.807, 2.05) is 0 Å². The Balaban J connectivity index is 2.02. The Hall–Kier alpha value is -0.980. The molecule has 1 nitrogen and oxygen atoms in total. The summed E-state index contributed by atoms with van der Waals surface area (Å²) in [7, 11) is 0. The molecule has 1 aliphatic rings. The lowest BCUT2D eigenvalue weighted by molar-refractivity contribution is 0.317. The molecule has 0 saturated heterocycles. The van der Waals surface area contributed by atoms with E-state index in [9.17, 15) is 0 Å². The zero-order chi connectivity index (χ0) is 11.4. The number of hydrogen-bond acceptors (Lipinski definition) is 1. The SMILES string of the molecule is CCC1CCCCC1Nc1cccc(C)c1. The highest BCUT2D eigenvalue weighted by atomic mass is 14.9. The van der Waals surface area contributed by atoms with Crippen molar-refractivity contribution in [3.8, 4) is 0 Å². The van der Waals surface area contributed by atoms with E-state index in [2.05, 4.69) is 43.4 Å². The van der Waals surface area contributed by atoms with Gasteiger partial charge in [-0.2, -0.15) is 0 Å². The van der Waals surface area contributed by atoms with Gasteiger partial charge in [-0.25, -0.2) is 0 Å². The van der Waals surface area contributed by atoms with Crippen LogP contribution in [0, 0.1) is 12.8 Å². The van der Waals surface area contributed by atoms with Crippen LogP contribution in [0.4, 0.5) is 5.69 Å². The van der Waals surface area contributed by atoms with Crippen LogP contribution >= 0.6 is 0 Å². The zero-order valence-corrected chi connectivity index (χ0v) is 10.5. The van der Waals surface area contributed by atoms with Gasteiger partial charge in [-0.3, -0.25) is 0 Å². The zero-order valence-electron chi connectivity index (χ0n) is 10.5. The molecule has 2 atom stereocenters. The molecule has 1 N–H and O–H groups in total. The minimum atomic E-state index is 0.695. The number of aryl methyl sites for hydroxylation is 1. The van der Waals surface area contributed by atoms with E-state index in [-0.39, 0.29) is 0 Å². The number of rotatable bonds is 3. The van der Waals surface area contributed by atoms with Gasteiger partial charge >= 0.3 is 0 Å². The first-order valence-corrected chi connectivity index (χ1v) is 6.63. The molecule has 2 unspecified atom stereocenters. The molecule has 16 heavy (non-hydrogen) atoms. The van der Waals surface area contributed by atoms with Crippen molar-refractivity contribution in [3.63, 3.8) is 0 Å². The van der Waals surface area contributed by atoms with Crippen LogP contribution in [-0.4, -0.2) is 6.04 Å². The van der Waals surface area contributed by atoms with Crippen molar-refractivity contribution < 1.29 is 0 Å². The van der Waals surface area contributed by atoms with E-state index in [1.165, 1.54) is 43.4 Å². The Morgan fingerprint density at radius 3 is 2.81 bits per heavy atom. The van der Waals surface area contributed by atoms with Gasteiger partial charge in [0.05, 0.1) is 0 Å². The fourth-order valence-corrected chi connectivity index (χ4v) is 2.84. The fraction of sp³-hybridized carbons (Fsp3) is 0.600. The van der Waals surface area contributed by atoms with Gasteiger partial charge in [0.25, 0.3) is 0 Å². The molecule has 0 spiro atoms. The van der Waals surface area contributed by atoms with E-state index in [1.54, 1.807) is 0 Å². The molecular weight excluding hydrogens is 194 g/mol. The van der Waals surface area contributed by atoms with Gasteiger partial charge in [0.1, 0.15) is 0 Å². The molecule has 1 fully saturated rings. The summed E-state index contributed by atoms with van der Waals surface area (Å²) in [5.74, 6) is 0.870. The maximum Gasteiger partial charge on any atom is 0.0345 e. The molecule has 1 saturated carbocycles. The van der Waals surface area contributed by atoms with E-state index in [4.69, 9.17) is 0 Å². The van der Waals surface area contributed by atoms with E-state index < -0.39 is 0 Å². The van der Waals surface area contributed by atoms with E-state index in [0.29, 0.717) is 6.04 Å². The number of hydrogen-bond donors (Lipinski definition) is 1. The lowest BCUT2D eigenvalue weighted by Gasteiger charge is -2.32. The molecule has 0 aliphatic heterocycles. The maximum atomic E-state index is 3.72. The molecule has 1 aliphatic carbocycles. The molecule has 2 rings (SSSR count). The quantitative estimate of drug-likeness (QED) is 0.792. The summed E-state index contributed by atoms with van der Waals surface area (Å²) in [6.07, 6.45) is 6.86. The Kier molecular flexibility index (Phi) is 3.87. The summed E-state index contributed by atoms with van der Waals surface area (Å²) >= 11 is 0. The summed E-state index contributed by atoms with van der Waals surface area (Å²) in [6.45, 7) is 4.48. The molecule has 0 aromatic heterocycles. The molecule has 1 aromatic carbocycles. The van der Waals surface area contributed by atoms with Crippen LogP contribution in [0.5, 0.6) is 0 Å². The number of anilines is 1. The second-order valence-corrected chi connectivity index (χ2v) is 5.07. The van der Waals surface area contributed by atoms with Crippen LogP contribution in [0.15, 0.2) is 24.3 Å². The largest absolute Gasteiger partial charge is 0.382 e. The van der Waals surface area contributed by atoms with Crippen molar-refractivity contribution in [2.24, 2.45) is 5.92 Å². The first-order valence-electron chi connectivity index (χ1n) is 6.63. The van der Waals surface area contributed by atoms with Gasteiger partial charge in [0.2, 0.25) is 0 Å². The molecule has 1 aromatic rings.